The van der Waals surface area contributed by atoms with Crippen LogP contribution < -0.4 is 10.6 Å². The molecule has 2 saturated heterocycles. The number of rotatable bonds is 6. The Morgan fingerprint density at radius 1 is 1.08 bits per heavy atom. The lowest BCUT2D eigenvalue weighted by atomic mass is 10.2. The molecule has 7 nitrogen and oxygen atoms in total. The van der Waals surface area contributed by atoms with Crippen LogP contribution in [-0.2, 0) is 10.0 Å². The van der Waals surface area contributed by atoms with Gasteiger partial charge < -0.3 is 10.6 Å². The van der Waals surface area contributed by atoms with Crippen molar-refractivity contribution in [3.63, 3.8) is 0 Å². The third-order valence-electron chi connectivity index (χ3n) is 4.97. The second-order valence-corrected chi connectivity index (χ2v) is 8.78. The molecular weight excluding hydrogens is 352 g/mol. The number of hydrogen-bond acceptors (Lipinski definition) is 5. The summed E-state index contributed by atoms with van der Waals surface area (Å²) in [5.74, 6) is -0.226. The molecule has 2 fully saturated rings. The molecule has 0 atom stereocenters. The van der Waals surface area contributed by atoms with E-state index in [1.165, 1.54) is 10.4 Å². The molecule has 1 amide bonds. The van der Waals surface area contributed by atoms with Gasteiger partial charge in [0.05, 0.1) is 4.90 Å². The number of carbonyl (C=O) groups excluding carboxylic acids is 1. The molecule has 144 valence electrons. The molecule has 0 unspecified atom stereocenters. The van der Waals surface area contributed by atoms with Crippen molar-refractivity contribution in [1.29, 1.82) is 0 Å². The number of nitrogens with zero attached hydrogens (tertiary/aromatic N) is 2. The Labute approximate surface area is 155 Å². The summed E-state index contributed by atoms with van der Waals surface area (Å²) < 4.78 is 27.1. The van der Waals surface area contributed by atoms with Crippen LogP contribution in [0.2, 0.25) is 0 Å². The summed E-state index contributed by atoms with van der Waals surface area (Å²) in [5, 5.41) is 6.19. The zero-order valence-electron chi connectivity index (χ0n) is 15.1. The molecule has 0 bridgehead atoms. The Kier molecular flexibility index (Phi) is 6.63. The van der Waals surface area contributed by atoms with Gasteiger partial charge in [0, 0.05) is 57.9 Å². The smallest absolute Gasteiger partial charge is 0.251 e. The Morgan fingerprint density at radius 2 is 1.81 bits per heavy atom. The van der Waals surface area contributed by atoms with Gasteiger partial charge in [-0.15, -0.1) is 0 Å². The lowest BCUT2D eigenvalue weighted by Crippen LogP contribution is -2.46. The molecule has 1 aromatic rings. The summed E-state index contributed by atoms with van der Waals surface area (Å²) in [4.78, 5) is 14.9. The van der Waals surface area contributed by atoms with E-state index in [-0.39, 0.29) is 10.8 Å². The standard InChI is InChI=1S/C18H28N4O3S/c23-18(20-9-14-21-12-7-19-8-13-21)16-5-4-6-17(15-16)26(24,25)22-10-2-1-3-11-22/h4-6,15,19H,1-3,7-14H2,(H,20,23). The molecule has 2 heterocycles. The average Bonchev–Trinajstić information content (AvgIpc) is 2.69. The highest BCUT2D eigenvalue weighted by Crippen LogP contribution is 2.21. The minimum Gasteiger partial charge on any atom is -0.351 e. The molecule has 2 aliphatic rings. The van der Waals surface area contributed by atoms with Gasteiger partial charge in [0.2, 0.25) is 10.0 Å². The predicted molar refractivity (Wildman–Crippen MR) is 101 cm³/mol. The van der Waals surface area contributed by atoms with Gasteiger partial charge in [0.25, 0.3) is 5.91 Å². The van der Waals surface area contributed by atoms with Crippen molar-refractivity contribution in [2.24, 2.45) is 0 Å². The fourth-order valence-corrected chi connectivity index (χ4v) is 4.98. The van der Waals surface area contributed by atoms with Gasteiger partial charge in [0.15, 0.2) is 0 Å². The maximum absolute atomic E-state index is 12.8. The van der Waals surface area contributed by atoms with Gasteiger partial charge in [-0.2, -0.15) is 4.31 Å². The number of benzene rings is 1. The lowest BCUT2D eigenvalue weighted by Gasteiger charge is -2.27. The Balaban J connectivity index is 1.59. The van der Waals surface area contributed by atoms with Crippen LogP contribution in [0, 0.1) is 0 Å². The molecule has 1 aromatic carbocycles. The minimum atomic E-state index is -3.52. The maximum Gasteiger partial charge on any atom is 0.251 e. The minimum absolute atomic E-state index is 0.203. The highest BCUT2D eigenvalue weighted by Gasteiger charge is 2.26. The van der Waals surface area contributed by atoms with Crippen LogP contribution in [0.1, 0.15) is 29.6 Å². The van der Waals surface area contributed by atoms with Crippen molar-refractivity contribution in [3.8, 4) is 0 Å². The molecule has 0 aromatic heterocycles. The molecule has 2 N–H and O–H groups in total. The van der Waals surface area contributed by atoms with Gasteiger partial charge in [-0.25, -0.2) is 8.42 Å². The van der Waals surface area contributed by atoms with Crippen LogP contribution in [0.4, 0.5) is 0 Å². The summed E-state index contributed by atoms with van der Waals surface area (Å²) in [5.41, 5.74) is 0.392. The van der Waals surface area contributed by atoms with E-state index >= 15 is 0 Å². The summed E-state index contributed by atoms with van der Waals surface area (Å²) in [7, 11) is -3.52. The van der Waals surface area contributed by atoms with Crippen molar-refractivity contribution in [1.82, 2.24) is 19.8 Å². The van der Waals surface area contributed by atoms with E-state index in [2.05, 4.69) is 15.5 Å². The predicted octanol–water partition coefficient (Wildman–Crippen LogP) is 0.496. The monoisotopic (exact) mass is 380 g/mol. The second-order valence-electron chi connectivity index (χ2n) is 6.84. The van der Waals surface area contributed by atoms with Gasteiger partial charge >= 0.3 is 0 Å². The second kappa shape index (κ2) is 8.94. The van der Waals surface area contributed by atoms with Crippen molar-refractivity contribution in [2.45, 2.75) is 24.2 Å². The molecule has 0 radical (unpaired) electrons. The normalized spacial score (nSPS) is 20.0. The van der Waals surface area contributed by atoms with E-state index < -0.39 is 10.0 Å². The molecule has 0 saturated carbocycles. The van der Waals surface area contributed by atoms with Crippen molar-refractivity contribution >= 4 is 15.9 Å². The van der Waals surface area contributed by atoms with E-state index in [0.717, 1.165) is 52.0 Å². The first kappa shape index (κ1) is 19.3. The Hall–Kier alpha value is -1.48. The first-order chi connectivity index (χ1) is 12.6. The molecule has 26 heavy (non-hydrogen) atoms. The van der Waals surface area contributed by atoms with Gasteiger partial charge in [-0.05, 0) is 31.0 Å². The fourth-order valence-electron chi connectivity index (χ4n) is 3.42. The van der Waals surface area contributed by atoms with Crippen LogP contribution in [-0.4, -0.2) is 75.9 Å². The van der Waals surface area contributed by atoms with Crippen molar-refractivity contribution < 1.29 is 13.2 Å². The van der Waals surface area contributed by atoms with Crippen molar-refractivity contribution in [3.05, 3.63) is 29.8 Å². The highest BCUT2D eigenvalue weighted by atomic mass is 32.2. The zero-order valence-corrected chi connectivity index (χ0v) is 15.9. The van der Waals surface area contributed by atoms with Crippen LogP contribution in [0.3, 0.4) is 0 Å². The summed E-state index contributed by atoms with van der Waals surface area (Å²) in [6, 6.07) is 6.36. The molecule has 3 rings (SSSR count). The quantitative estimate of drug-likeness (QED) is 0.751. The van der Waals surface area contributed by atoms with E-state index in [9.17, 15) is 13.2 Å². The van der Waals surface area contributed by atoms with Gasteiger partial charge in [-0.1, -0.05) is 12.5 Å². The SMILES string of the molecule is O=C(NCCN1CCNCC1)c1cccc(S(=O)(=O)N2CCCCC2)c1. The van der Waals surface area contributed by atoms with Crippen molar-refractivity contribution in [2.75, 3.05) is 52.4 Å². The van der Waals surface area contributed by atoms with E-state index in [0.29, 0.717) is 25.2 Å². The van der Waals surface area contributed by atoms with Gasteiger partial charge in [-0.3, -0.25) is 9.69 Å². The molecule has 2 aliphatic heterocycles. The number of amides is 1. The van der Waals surface area contributed by atoms with Gasteiger partial charge in [0.1, 0.15) is 0 Å². The summed E-state index contributed by atoms with van der Waals surface area (Å²) >= 11 is 0. The fraction of sp³-hybridized carbons (Fsp3) is 0.611. The number of piperazine rings is 1. The first-order valence-electron chi connectivity index (χ1n) is 9.39. The maximum atomic E-state index is 12.8. The Bertz CT molecular complexity index is 711. The summed E-state index contributed by atoms with van der Waals surface area (Å²) in [6.45, 7) is 6.40. The van der Waals surface area contributed by atoms with E-state index in [4.69, 9.17) is 0 Å². The number of hydrogen-bond donors (Lipinski definition) is 2. The number of nitrogens with one attached hydrogen (secondary N) is 2. The molecule has 8 heteroatoms. The Morgan fingerprint density at radius 3 is 2.54 bits per heavy atom. The topological polar surface area (TPSA) is 81.8 Å². The number of piperidine rings is 1. The lowest BCUT2D eigenvalue weighted by molar-refractivity contribution is 0.0947. The van der Waals surface area contributed by atoms with Crippen LogP contribution in [0.5, 0.6) is 0 Å². The van der Waals surface area contributed by atoms with E-state index in [1.807, 2.05) is 0 Å². The first-order valence-corrected chi connectivity index (χ1v) is 10.8. The third kappa shape index (κ3) is 4.82. The number of sulfonamides is 1. The van der Waals surface area contributed by atoms with E-state index in [1.54, 1.807) is 18.2 Å². The molecule has 0 aliphatic carbocycles. The zero-order chi connectivity index (χ0) is 18.4. The number of carbonyl (C=O) groups is 1. The van der Waals surface area contributed by atoms with Crippen LogP contribution in [0.15, 0.2) is 29.2 Å². The average molecular weight is 381 g/mol. The molecule has 0 spiro atoms. The van der Waals surface area contributed by atoms with Crippen LogP contribution in [0.25, 0.3) is 0 Å². The molecular formula is C18H28N4O3S. The summed E-state index contributed by atoms with van der Waals surface area (Å²) in [6.07, 6.45) is 2.86. The van der Waals surface area contributed by atoms with Crippen LogP contribution >= 0.6 is 0 Å². The largest absolute Gasteiger partial charge is 0.351 e. The third-order valence-corrected chi connectivity index (χ3v) is 6.87. The highest BCUT2D eigenvalue weighted by molar-refractivity contribution is 7.89.